The number of halogens is 1. The largest absolute Gasteiger partial charge is 0.379 e. The molecule has 0 aliphatic heterocycles. The number of rotatable bonds is 6. The second kappa shape index (κ2) is 7.34. The van der Waals surface area contributed by atoms with Crippen molar-refractivity contribution in [1.29, 1.82) is 0 Å². The van der Waals surface area contributed by atoms with Gasteiger partial charge in [-0.3, -0.25) is 9.78 Å². The number of ether oxygens (including phenoxy) is 1. The summed E-state index contributed by atoms with van der Waals surface area (Å²) in [5.41, 5.74) is 1.18. The Kier molecular flexibility index (Phi) is 6.09. The van der Waals surface area contributed by atoms with Crippen molar-refractivity contribution in [3.05, 3.63) is 28.5 Å². The number of amides is 1. The Labute approximate surface area is 113 Å². The smallest absolute Gasteiger partial charge is 0.254 e. The first-order chi connectivity index (χ1) is 8.50. The third kappa shape index (κ3) is 5.02. The maximum atomic E-state index is 11.8. The first-order valence-electron chi connectivity index (χ1n) is 5.98. The van der Waals surface area contributed by atoms with Crippen molar-refractivity contribution in [2.24, 2.45) is 5.92 Å². The van der Waals surface area contributed by atoms with Gasteiger partial charge in [0, 0.05) is 25.0 Å². The van der Waals surface area contributed by atoms with Gasteiger partial charge in [0.25, 0.3) is 5.91 Å². The molecule has 4 nitrogen and oxygen atoms in total. The summed E-state index contributed by atoms with van der Waals surface area (Å²) < 4.78 is 5.37. The first-order valence-corrected chi connectivity index (χ1v) is 6.36. The second-order valence-corrected chi connectivity index (χ2v) is 4.94. The zero-order valence-electron chi connectivity index (χ0n) is 11.0. The summed E-state index contributed by atoms with van der Waals surface area (Å²) in [6, 6.07) is 1.67. The minimum absolute atomic E-state index is 0.222. The fourth-order valence-electron chi connectivity index (χ4n) is 1.34. The summed E-state index contributed by atoms with van der Waals surface area (Å²) in [6.07, 6.45) is 1.49. The van der Waals surface area contributed by atoms with Crippen LogP contribution in [0.5, 0.6) is 0 Å². The van der Waals surface area contributed by atoms with Gasteiger partial charge in [-0.15, -0.1) is 0 Å². The van der Waals surface area contributed by atoms with Crippen molar-refractivity contribution >= 4 is 17.5 Å². The van der Waals surface area contributed by atoms with E-state index in [-0.39, 0.29) is 5.91 Å². The van der Waals surface area contributed by atoms with E-state index in [2.05, 4.69) is 24.1 Å². The molecular formula is C13H19ClN2O2. The number of nitrogens with one attached hydrogen (secondary N) is 1. The maximum absolute atomic E-state index is 11.8. The van der Waals surface area contributed by atoms with Gasteiger partial charge in [0.2, 0.25) is 0 Å². The Morgan fingerprint density at radius 3 is 2.89 bits per heavy atom. The summed E-state index contributed by atoms with van der Waals surface area (Å²) in [5.74, 6) is 0.275. The van der Waals surface area contributed by atoms with E-state index in [4.69, 9.17) is 16.3 Å². The summed E-state index contributed by atoms with van der Waals surface area (Å²) in [4.78, 5) is 15.8. The van der Waals surface area contributed by atoms with Gasteiger partial charge < -0.3 is 10.1 Å². The van der Waals surface area contributed by atoms with Crippen LogP contribution in [0, 0.1) is 12.8 Å². The molecule has 0 unspecified atom stereocenters. The second-order valence-electron chi connectivity index (χ2n) is 4.53. The number of aromatic nitrogens is 1. The van der Waals surface area contributed by atoms with Gasteiger partial charge in [0.05, 0.1) is 17.2 Å². The fraction of sp³-hybridized carbons (Fsp3) is 0.538. The maximum Gasteiger partial charge on any atom is 0.254 e. The molecule has 1 N–H and O–H groups in total. The lowest BCUT2D eigenvalue weighted by atomic mass is 10.2. The predicted molar refractivity (Wildman–Crippen MR) is 72.0 cm³/mol. The molecule has 1 aromatic rings. The van der Waals surface area contributed by atoms with Crippen LogP contribution in [0.25, 0.3) is 0 Å². The highest BCUT2D eigenvalue weighted by Crippen LogP contribution is 2.15. The van der Waals surface area contributed by atoms with Crippen LogP contribution in [0.3, 0.4) is 0 Å². The van der Waals surface area contributed by atoms with Gasteiger partial charge in [-0.2, -0.15) is 0 Å². The highest BCUT2D eigenvalue weighted by molar-refractivity contribution is 6.33. The lowest BCUT2D eigenvalue weighted by Gasteiger charge is -2.09. The molecule has 5 heteroatoms. The zero-order chi connectivity index (χ0) is 13.5. The molecule has 1 amide bonds. The average Bonchev–Trinajstić information content (AvgIpc) is 2.27. The molecule has 1 aromatic heterocycles. The normalized spacial score (nSPS) is 10.7. The van der Waals surface area contributed by atoms with E-state index < -0.39 is 0 Å². The molecule has 0 radical (unpaired) electrons. The van der Waals surface area contributed by atoms with Crippen molar-refractivity contribution < 1.29 is 9.53 Å². The number of pyridine rings is 1. The molecule has 0 spiro atoms. The molecule has 0 fully saturated rings. The molecule has 0 aliphatic carbocycles. The Morgan fingerprint density at radius 1 is 1.56 bits per heavy atom. The van der Waals surface area contributed by atoms with E-state index in [0.717, 1.165) is 5.69 Å². The van der Waals surface area contributed by atoms with Crippen LogP contribution >= 0.6 is 11.6 Å². The quantitative estimate of drug-likeness (QED) is 0.808. The van der Waals surface area contributed by atoms with Gasteiger partial charge in [0.15, 0.2) is 0 Å². The number of carbonyl (C=O) groups is 1. The van der Waals surface area contributed by atoms with Crippen molar-refractivity contribution in [3.8, 4) is 0 Å². The first kappa shape index (κ1) is 14.9. The van der Waals surface area contributed by atoms with Crippen molar-refractivity contribution in [2.75, 3.05) is 19.8 Å². The van der Waals surface area contributed by atoms with E-state index in [0.29, 0.717) is 36.3 Å². The Bertz CT molecular complexity index is 408. The topological polar surface area (TPSA) is 51.2 Å². The lowest BCUT2D eigenvalue weighted by Crippen LogP contribution is -2.28. The third-order valence-corrected chi connectivity index (χ3v) is 2.53. The van der Waals surface area contributed by atoms with Crippen LogP contribution in [-0.4, -0.2) is 30.6 Å². The molecule has 18 heavy (non-hydrogen) atoms. The van der Waals surface area contributed by atoms with E-state index in [1.54, 1.807) is 6.07 Å². The number of hydrogen-bond donors (Lipinski definition) is 1. The van der Waals surface area contributed by atoms with Crippen LogP contribution in [0.4, 0.5) is 0 Å². The molecule has 1 rings (SSSR count). The zero-order valence-corrected chi connectivity index (χ0v) is 11.8. The van der Waals surface area contributed by atoms with Crippen LogP contribution < -0.4 is 5.32 Å². The van der Waals surface area contributed by atoms with E-state index in [1.807, 2.05) is 6.92 Å². The van der Waals surface area contributed by atoms with Gasteiger partial charge in [-0.1, -0.05) is 25.4 Å². The van der Waals surface area contributed by atoms with Crippen molar-refractivity contribution in [1.82, 2.24) is 10.3 Å². The Hall–Kier alpha value is -1.13. The molecule has 100 valence electrons. The van der Waals surface area contributed by atoms with Gasteiger partial charge in [-0.05, 0) is 18.9 Å². The third-order valence-electron chi connectivity index (χ3n) is 2.22. The summed E-state index contributed by atoms with van der Waals surface area (Å²) >= 11 is 5.97. The average molecular weight is 271 g/mol. The summed E-state index contributed by atoms with van der Waals surface area (Å²) in [6.45, 7) is 7.65. The molecule has 0 bridgehead atoms. The van der Waals surface area contributed by atoms with Crippen molar-refractivity contribution in [2.45, 2.75) is 20.8 Å². The van der Waals surface area contributed by atoms with Gasteiger partial charge in [0.1, 0.15) is 0 Å². The molecule has 0 saturated heterocycles. The molecule has 0 saturated carbocycles. The summed E-state index contributed by atoms with van der Waals surface area (Å²) in [7, 11) is 0. The van der Waals surface area contributed by atoms with Crippen LogP contribution in [0.2, 0.25) is 5.02 Å². The van der Waals surface area contributed by atoms with E-state index in [9.17, 15) is 4.79 Å². The van der Waals surface area contributed by atoms with Gasteiger partial charge in [-0.25, -0.2) is 0 Å². The Morgan fingerprint density at radius 2 is 2.28 bits per heavy atom. The number of hydrogen-bond acceptors (Lipinski definition) is 3. The van der Waals surface area contributed by atoms with E-state index >= 15 is 0 Å². The highest BCUT2D eigenvalue weighted by atomic mass is 35.5. The minimum Gasteiger partial charge on any atom is -0.379 e. The monoisotopic (exact) mass is 270 g/mol. The molecule has 0 aromatic carbocycles. The number of aryl methyl sites for hydroxylation is 1. The standard InChI is InChI=1S/C13H19ClN2O2/c1-9(2)8-18-5-4-15-13(17)11-7-16-10(3)6-12(11)14/h6-7,9H,4-5,8H2,1-3H3,(H,15,17). The van der Waals surface area contributed by atoms with Crippen LogP contribution in [-0.2, 0) is 4.74 Å². The molecule has 1 heterocycles. The molecular weight excluding hydrogens is 252 g/mol. The fourth-order valence-corrected chi connectivity index (χ4v) is 1.64. The van der Waals surface area contributed by atoms with Crippen molar-refractivity contribution in [3.63, 3.8) is 0 Å². The number of carbonyl (C=O) groups excluding carboxylic acids is 1. The van der Waals surface area contributed by atoms with Crippen LogP contribution in [0.15, 0.2) is 12.3 Å². The van der Waals surface area contributed by atoms with Gasteiger partial charge >= 0.3 is 0 Å². The summed E-state index contributed by atoms with van der Waals surface area (Å²) in [5, 5.41) is 3.16. The number of nitrogens with zero attached hydrogens (tertiary/aromatic N) is 1. The Balaban J connectivity index is 2.36. The minimum atomic E-state index is -0.222. The SMILES string of the molecule is Cc1cc(Cl)c(C(=O)NCCOCC(C)C)cn1. The van der Waals surface area contributed by atoms with E-state index in [1.165, 1.54) is 6.20 Å². The molecule has 0 aliphatic rings. The molecule has 0 atom stereocenters. The predicted octanol–water partition coefficient (Wildman–Crippen LogP) is 2.45. The lowest BCUT2D eigenvalue weighted by molar-refractivity contribution is 0.0886. The van der Waals surface area contributed by atoms with Crippen LogP contribution in [0.1, 0.15) is 29.9 Å². The highest BCUT2D eigenvalue weighted by Gasteiger charge is 2.10.